The molecule has 0 aromatic heterocycles. The third-order valence-corrected chi connectivity index (χ3v) is 3.93. The largest absolute Gasteiger partial charge is 0.392 e. The van der Waals surface area contributed by atoms with Crippen LogP contribution in [0, 0.1) is 10.8 Å². The quantitative estimate of drug-likeness (QED) is 0.793. The zero-order valence-corrected chi connectivity index (χ0v) is 10.8. The van der Waals surface area contributed by atoms with Gasteiger partial charge in [-0.05, 0) is 18.3 Å². The highest BCUT2D eigenvalue weighted by atomic mass is 16.5. The summed E-state index contributed by atoms with van der Waals surface area (Å²) in [7, 11) is 0. The average molecular weight is 227 g/mol. The van der Waals surface area contributed by atoms with Crippen molar-refractivity contribution in [2.24, 2.45) is 10.8 Å². The zero-order chi connectivity index (χ0) is 11.8. The lowest BCUT2D eigenvalue weighted by atomic mass is 9.79. The summed E-state index contributed by atoms with van der Waals surface area (Å²) in [5.41, 5.74) is 0.179. The maximum absolute atomic E-state index is 10.4. The molecule has 0 spiro atoms. The first-order chi connectivity index (χ1) is 7.44. The number of morpholine rings is 1. The summed E-state index contributed by atoms with van der Waals surface area (Å²) in [6, 6.07) is 0. The van der Waals surface area contributed by atoms with Gasteiger partial charge in [-0.15, -0.1) is 0 Å². The fraction of sp³-hybridized carbons (Fsp3) is 1.00. The minimum Gasteiger partial charge on any atom is -0.392 e. The molecule has 2 fully saturated rings. The highest BCUT2D eigenvalue weighted by molar-refractivity contribution is 5.04. The molecule has 1 aliphatic heterocycles. The third-order valence-electron chi connectivity index (χ3n) is 3.93. The standard InChI is InChI=1S/C13H25NO2/c1-12(2,3)11(15)13(4-5-13)10-14-6-8-16-9-7-14/h11,15H,4-10H2,1-3H3. The summed E-state index contributed by atoms with van der Waals surface area (Å²) >= 11 is 0. The molecule has 0 aromatic carbocycles. The van der Waals surface area contributed by atoms with E-state index in [4.69, 9.17) is 4.74 Å². The van der Waals surface area contributed by atoms with Gasteiger partial charge in [-0.2, -0.15) is 0 Å². The second-order valence-corrected chi connectivity index (χ2v) is 6.52. The predicted molar refractivity (Wildman–Crippen MR) is 64.4 cm³/mol. The average Bonchev–Trinajstić information content (AvgIpc) is 2.98. The summed E-state index contributed by atoms with van der Waals surface area (Å²) < 4.78 is 5.36. The van der Waals surface area contributed by atoms with E-state index in [1.165, 1.54) is 12.8 Å². The number of rotatable bonds is 3. The Morgan fingerprint density at radius 2 is 1.81 bits per heavy atom. The molecule has 1 unspecified atom stereocenters. The number of aliphatic hydroxyl groups excluding tert-OH is 1. The zero-order valence-electron chi connectivity index (χ0n) is 10.8. The minimum absolute atomic E-state index is 0.00276. The molecule has 2 rings (SSSR count). The van der Waals surface area contributed by atoms with Gasteiger partial charge >= 0.3 is 0 Å². The molecular formula is C13H25NO2. The van der Waals surface area contributed by atoms with Crippen LogP contribution in [-0.4, -0.2) is 49.0 Å². The lowest BCUT2D eigenvalue weighted by molar-refractivity contribution is -0.0332. The molecule has 1 N–H and O–H groups in total. The van der Waals surface area contributed by atoms with E-state index in [9.17, 15) is 5.11 Å². The predicted octanol–water partition coefficient (Wildman–Crippen LogP) is 1.51. The second-order valence-electron chi connectivity index (χ2n) is 6.52. The van der Waals surface area contributed by atoms with Crippen LogP contribution in [0.4, 0.5) is 0 Å². The minimum atomic E-state index is -0.178. The van der Waals surface area contributed by atoms with Crippen molar-refractivity contribution in [2.75, 3.05) is 32.8 Å². The van der Waals surface area contributed by atoms with E-state index in [0.29, 0.717) is 0 Å². The van der Waals surface area contributed by atoms with Crippen LogP contribution in [-0.2, 0) is 4.74 Å². The van der Waals surface area contributed by atoms with E-state index in [-0.39, 0.29) is 16.9 Å². The molecule has 1 heterocycles. The van der Waals surface area contributed by atoms with Crippen molar-refractivity contribution >= 4 is 0 Å². The SMILES string of the molecule is CC(C)(C)C(O)C1(CN2CCOCC2)CC1. The number of ether oxygens (including phenoxy) is 1. The Hall–Kier alpha value is -0.120. The van der Waals surface area contributed by atoms with Crippen molar-refractivity contribution in [1.82, 2.24) is 4.90 Å². The van der Waals surface area contributed by atoms with E-state index in [1.807, 2.05) is 0 Å². The summed E-state index contributed by atoms with van der Waals surface area (Å²) in [5.74, 6) is 0. The highest BCUT2D eigenvalue weighted by Gasteiger charge is 2.53. The van der Waals surface area contributed by atoms with Gasteiger partial charge in [0, 0.05) is 25.0 Å². The molecule has 94 valence electrons. The van der Waals surface area contributed by atoms with Gasteiger partial charge in [0.05, 0.1) is 19.3 Å². The van der Waals surface area contributed by atoms with E-state index in [2.05, 4.69) is 25.7 Å². The van der Waals surface area contributed by atoms with Crippen LogP contribution in [0.5, 0.6) is 0 Å². The van der Waals surface area contributed by atoms with Gasteiger partial charge in [-0.1, -0.05) is 20.8 Å². The lowest BCUT2D eigenvalue weighted by Gasteiger charge is -2.37. The Bertz CT molecular complexity index is 237. The van der Waals surface area contributed by atoms with Gasteiger partial charge in [-0.3, -0.25) is 4.90 Å². The molecule has 1 saturated heterocycles. The normalized spacial score (nSPS) is 27.8. The Labute approximate surface area is 98.8 Å². The molecule has 0 radical (unpaired) electrons. The van der Waals surface area contributed by atoms with Crippen molar-refractivity contribution in [2.45, 2.75) is 39.7 Å². The fourth-order valence-electron chi connectivity index (χ4n) is 2.80. The van der Waals surface area contributed by atoms with Crippen molar-refractivity contribution < 1.29 is 9.84 Å². The number of nitrogens with zero attached hydrogens (tertiary/aromatic N) is 1. The van der Waals surface area contributed by atoms with Gasteiger partial charge in [0.25, 0.3) is 0 Å². The van der Waals surface area contributed by atoms with Crippen LogP contribution in [0.2, 0.25) is 0 Å². The van der Waals surface area contributed by atoms with Crippen molar-refractivity contribution in [3.8, 4) is 0 Å². The molecule has 2 aliphatic rings. The molecular weight excluding hydrogens is 202 g/mol. The van der Waals surface area contributed by atoms with Gasteiger partial charge in [0.1, 0.15) is 0 Å². The Kier molecular flexibility index (Phi) is 3.30. The molecule has 0 bridgehead atoms. The van der Waals surface area contributed by atoms with Crippen LogP contribution in [0.15, 0.2) is 0 Å². The number of hydrogen-bond acceptors (Lipinski definition) is 3. The van der Waals surface area contributed by atoms with Gasteiger partial charge in [0.15, 0.2) is 0 Å². The van der Waals surface area contributed by atoms with E-state index in [1.54, 1.807) is 0 Å². The smallest absolute Gasteiger partial charge is 0.0656 e. The van der Waals surface area contributed by atoms with Crippen molar-refractivity contribution in [3.63, 3.8) is 0 Å². The maximum Gasteiger partial charge on any atom is 0.0656 e. The first-order valence-corrected chi connectivity index (χ1v) is 6.42. The van der Waals surface area contributed by atoms with Crippen LogP contribution in [0.3, 0.4) is 0 Å². The molecule has 1 atom stereocenters. The Morgan fingerprint density at radius 1 is 1.25 bits per heavy atom. The van der Waals surface area contributed by atoms with Crippen LogP contribution < -0.4 is 0 Å². The monoisotopic (exact) mass is 227 g/mol. The highest BCUT2D eigenvalue weighted by Crippen LogP contribution is 2.53. The van der Waals surface area contributed by atoms with E-state index < -0.39 is 0 Å². The van der Waals surface area contributed by atoms with Crippen molar-refractivity contribution in [3.05, 3.63) is 0 Å². The van der Waals surface area contributed by atoms with Gasteiger partial charge in [0.2, 0.25) is 0 Å². The maximum atomic E-state index is 10.4. The summed E-state index contributed by atoms with van der Waals surface area (Å²) in [6.45, 7) is 11.2. The Morgan fingerprint density at radius 3 is 2.25 bits per heavy atom. The topological polar surface area (TPSA) is 32.7 Å². The van der Waals surface area contributed by atoms with Crippen LogP contribution >= 0.6 is 0 Å². The Balaban J connectivity index is 1.92. The summed E-state index contributed by atoms with van der Waals surface area (Å²) in [6.07, 6.45) is 2.19. The number of aliphatic hydroxyl groups is 1. The van der Waals surface area contributed by atoms with Crippen LogP contribution in [0.25, 0.3) is 0 Å². The third kappa shape index (κ3) is 2.58. The first-order valence-electron chi connectivity index (χ1n) is 6.42. The molecule has 3 heteroatoms. The molecule has 0 aromatic rings. The molecule has 16 heavy (non-hydrogen) atoms. The van der Waals surface area contributed by atoms with E-state index in [0.717, 1.165) is 32.8 Å². The fourth-order valence-corrected chi connectivity index (χ4v) is 2.80. The second kappa shape index (κ2) is 4.28. The van der Waals surface area contributed by atoms with E-state index >= 15 is 0 Å². The summed E-state index contributed by atoms with van der Waals surface area (Å²) in [5, 5.41) is 10.4. The molecule has 1 aliphatic carbocycles. The number of hydrogen-bond donors (Lipinski definition) is 1. The lowest BCUT2D eigenvalue weighted by Crippen LogP contribution is -2.46. The summed E-state index contributed by atoms with van der Waals surface area (Å²) in [4.78, 5) is 2.45. The molecule has 0 amide bonds. The first kappa shape index (κ1) is 12.3. The van der Waals surface area contributed by atoms with Crippen molar-refractivity contribution in [1.29, 1.82) is 0 Å². The van der Waals surface area contributed by atoms with Gasteiger partial charge < -0.3 is 9.84 Å². The molecule has 3 nitrogen and oxygen atoms in total. The van der Waals surface area contributed by atoms with Gasteiger partial charge in [-0.25, -0.2) is 0 Å². The molecule has 1 saturated carbocycles. The van der Waals surface area contributed by atoms with Crippen LogP contribution in [0.1, 0.15) is 33.6 Å².